The molecule has 1 unspecified atom stereocenters. The van der Waals surface area contributed by atoms with E-state index in [0.717, 1.165) is 0 Å². The number of hydrogen-bond donors (Lipinski definition) is 1. The maximum atomic E-state index is 13.9. The van der Waals surface area contributed by atoms with Gasteiger partial charge in [-0.3, -0.25) is 9.59 Å². The predicted molar refractivity (Wildman–Crippen MR) is 99.5 cm³/mol. The van der Waals surface area contributed by atoms with Crippen LogP contribution >= 0.6 is 11.3 Å². The van der Waals surface area contributed by atoms with Crippen molar-refractivity contribution in [3.63, 3.8) is 0 Å². The van der Waals surface area contributed by atoms with Gasteiger partial charge in [0.2, 0.25) is 11.8 Å². The van der Waals surface area contributed by atoms with Crippen LogP contribution in [0.4, 0.5) is 13.9 Å². The predicted octanol–water partition coefficient (Wildman–Crippen LogP) is 3.29. The second-order valence-corrected chi connectivity index (χ2v) is 7.45. The second-order valence-electron chi connectivity index (χ2n) is 6.37. The van der Waals surface area contributed by atoms with Gasteiger partial charge in [0.15, 0.2) is 5.13 Å². The Balaban J connectivity index is 1.67. The largest absolute Gasteiger partial charge is 0.338 e. The van der Waals surface area contributed by atoms with Crippen LogP contribution in [0.15, 0.2) is 30.9 Å². The number of aryl methyl sites for hydroxylation is 1. The van der Waals surface area contributed by atoms with E-state index < -0.39 is 11.6 Å². The van der Waals surface area contributed by atoms with Crippen molar-refractivity contribution in [3.05, 3.63) is 58.6 Å². The SMILES string of the molecule is C=CC(=O)N1CCC(C(=O)Nc2nc(C)c(Cc3c(F)cccc3F)s2)C1. The zero-order valence-electron chi connectivity index (χ0n) is 14.8. The van der Waals surface area contributed by atoms with Gasteiger partial charge in [0, 0.05) is 30.0 Å². The Kier molecular flexibility index (Phi) is 5.65. The fourth-order valence-corrected chi connectivity index (χ4v) is 4.00. The highest BCUT2D eigenvalue weighted by Gasteiger charge is 2.30. The minimum Gasteiger partial charge on any atom is -0.338 e. The number of likely N-dealkylation sites (tertiary alicyclic amines) is 1. The van der Waals surface area contributed by atoms with E-state index in [9.17, 15) is 18.4 Å². The normalized spacial score (nSPS) is 16.4. The van der Waals surface area contributed by atoms with Gasteiger partial charge in [-0.1, -0.05) is 12.6 Å². The zero-order chi connectivity index (χ0) is 19.6. The van der Waals surface area contributed by atoms with E-state index >= 15 is 0 Å². The monoisotopic (exact) mass is 391 g/mol. The minimum absolute atomic E-state index is 0.0171. The smallest absolute Gasteiger partial charge is 0.245 e. The molecule has 1 saturated heterocycles. The first-order valence-electron chi connectivity index (χ1n) is 8.50. The fraction of sp³-hybridized carbons (Fsp3) is 0.316. The summed E-state index contributed by atoms with van der Waals surface area (Å²) in [5.41, 5.74) is 0.601. The summed E-state index contributed by atoms with van der Waals surface area (Å²) in [4.78, 5) is 30.6. The summed E-state index contributed by atoms with van der Waals surface area (Å²) < 4.78 is 27.7. The van der Waals surface area contributed by atoms with Crippen molar-refractivity contribution in [1.29, 1.82) is 0 Å². The van der Waals surface area contributed by atoms with Gasteiger partial charge in [-0.25, -0.2) is 13.8 Å². The number of carbonyl (C=O) groups is 2. The quantitative estimate of drug-likeness (QED) is 0.796. The number of nitrogens with zero attached hydrogens (tertiary/aromatic N) is 2. The molecule has 1 fully saturated rings. The number of amides is 2. The molecule has 2 heterocycles. The Labute approximate surface area is 159 Å². The molecule has 8 heteroatoms. The Morgan fingerprint density at radius 2 is 2.11 bits per heavy atom. The van der Waals surface area contributed by atoms with Crippen LogP contribution in [-0.4, -0.2) is 34.8 Å². The van der Waals surface area contributed by atoms with Crippen molar-refractivity contribution in [2.45, 2.75) is 19.8 Å². The Morgan fingerprint density at radius 3 is 2.78 bits per heavy atom. The summed E-state index contributed by atoms with van der Waals surface area (Å²) in [7, 11) is 0. The van der Waals surface area contributed by atoms with Crippen molar-refractivity contribution < 1.29 is 18.4 Å². The summed E-state index contributed by atoms with van der Waals surface area (Å²) in [6, 6.07) is 3.75. The number of carbonyl (C=O) groups excluding carboxylic acids is 2. The first-order chi connectivity index (χ1) is 12.9. The van der Waals surface area contributed by atoms with Crippen LogP contribution in [0.5, 0.6) is 0 Å². The Morgan fingerprint density at radius 1 is 1.41 bits per heavy atom. The molecule has 0 saturated carbocycles. The van der Waals surface area contributed by atoms with Crippen LogP contribution in [0.3, 0.4) is 0 Å². The molecule has 5 nitrogen and oxygen atoms in total. The Hall–Kier alpha value is -2.61. The van der Waals surface area contributed by atoms with Gasteiger partial charge in [-0.05, 0) is 31.6 Å². The maximum Gasteiger partial charge on any atom is 0.245 e. The van der Waals surface area contributed by atoms with E-state index in [2.05, 4.69) is 16.9 Å². The van der Waals surface area contributed by atoms with E-state index in [1.54, 1.807) is 11.8 Å². The molecule has 1 N–H and O–H groups in total. The third kappa shape index (κ3) is 4.21. The molecule has 142 valence electrons. The zero-order valence-corrected chi connectivity index (χ0v) is 15.6. The van der Waals surface area contributed by atoms with Crippen LogP contribution in [0.25, 0.3) is 0 Å². The molecule has 0 bridgehead atoms. The second kappa shape index (κ2) is 7.96. The molecular formula is C19H19F2N3O2S. The molecule has 2 amide bonds. The highest BCUT2D eigenvalue weighted by atomic mass is 32.1. The van der Waals surface area contributed by atoms with Crippen LogP contribution < -0.4 is 5.32 Å². The minimum atomic E-state index is -0.605. The van der Waals surface area contributed by atoms with Gasteiger partial charge in [0.25, 0.3) is 0 Å². The number of rotatable bonds is 5. The number of anilines is 1. The van der Waals surface area contributed by atoms with E-state index in [1.165, 1.54) is 35.6 Å². The van der Waals surface area contributed by atoms with Gasteiger partial charge >= 0.3 is 0 Å². The van der Waals surface area contributed by atoms with Crippen LogP contribution in [0.1, 0.15) is 22.6 Å². The molecule has 27 heavy (non-hydrogen) atoms. The summed E-state index contributed by atoms with van der Waals surface area (Å²) in [5.74, 6) is -1.93. The summed E-state index contributed by atoms with van der Waals surface area (Å²) in [6.45, 7) is 6.04. The van der Waals surface area contributed by atoms with Crippen LogP contribution in [0, 0.1) is 24.5 Å². The topological polar surface area (TPSA) is 62.3 Å². The molecule has 0 spiro atoms. The molecule has 1 aliphatic rings. The van der Waals surface area contributed by atoms with E-state index in [-0.39, 0.29) is 29.7 Å². The molecule has 1 aliphatic heterocycles. The lowest BCUT2D eigenvalue weighted by atomic mass is 10.1. The van der Waals surface area contributed by atoms with Gasteiger partial charge < -0.3 is 10.2 Å². The number of benzene rings is 1. The molecule has 0 aliphatic carbocycles. The van der Waals surface area contributed by atoms with Crippen molar-refractivity contribution in [2.24, 2.45) is 5.92 Å². The molecule has 1 atom stereocenters. The number of hydrogen-bond acceptors (Lipinski definition) is 4. The first-order valence-corrected chi connectivity index (χ1v) is 9.32. The summed E-state index contributed by atoms with van der Waals surface area (Å²) in [5, 5.41) is 3.14. The third-order valence-corrected chi connectivity index (χ3v) is 5.64. The molecule has 1 aromatic heterocycles. The standard InChI is InChI=1S/C19H19F2N3O2S/c1-3-17(25)24-8-7-12(10-24)18(26)23-19-22-11(2)16(27-19)9-13-14(20)5-4-6-15(13)21/h3-6,12H,1,7-10H2,2H3,(H,22,23,26). The average molecular weight is 391 g/mol. The first kappa shape index (κ1) is 19.2. The number of halogens is 2. The van der Waals surface area contributed by atoms with Gasteiger partial charge in [-0.15, -0.1) is 11.3 Å². The molecule has 1 aromatic carbocycles. The van der Waals surface area contributed by atoms with Gasteiger partial charge in [0.1, 0.15) is 11.6 Å². The van der Waals surface area contributed by atoms with Crippen molar-refractivity contribution in [1.82, 2.24) is 9.88 Å². The van der Waals surface area contributed by atoms with Crippen molar-refractivity contribution >= 4 is 28.3 Å². The molecular weight excluding hydrogens is 372 g/mol. The molecule has 3 rings (SSSR count). The van der Waals surface area contributed by atoms with Crippen molar-refractivity contribution in [3.8, 4) is 0 Å². The molecule has 2 aromatic rings. The number of nitrogens with one attached hydrogen (secondary N) is 1. The highest BCUT2D eigenvalue weighted by molar-refractivity contribution is 7.15. The maximum absolute atomic E-state index is 13.9. The average Bonchev–Trinajstić information content (AvgIpc) is 3.25. The highest BCUT2D eigenvalue weighted by Crippen LogP contribution is 2.28. The lowest BCUT2D eigenvalue weighted by Crippen LogP contribution is -2.30. The number of aromatic nitrogens is 1. The number of thiazole rings is 1. The fourth-order valence-electron chi connectivity index (χ4n) is 3.02. The lowest BCUT2D eigenvalue weighted by molar-refractivity contribution is -0.125. The third-order valence-electron chi connectivity index (χ3n) is 4.57. The Bertz CT molecular complexity index is 877. The van der Waals surface area contributed by atoms with E-state index in [0.29, 0.717) is 35.2 Å². The van der Waals surface area contributed by atoms with Crippen molar-refractivity contribution in [2.75, 3.05) is 18.4 Å². The van der Waals surface area contributed by atoms with E-state index in [1.807, 2.05) is 0 Å². The summed E-state index contributed by atoms with van der Waals surface area (Å²) in [6.07, 6.45) is 1.88. The van der Waals surface area contributed by atoms with E-state index in [4.69, 9.17) is 0 Å². The lowest BCUT2D eigenvalue weighted by Gasteiger charge is -2.13. The van der Waals surface area contributed by atoms with Crippen LogP contribution in [0.2, 0.25) is 0 Å². The van der Waals surface area contributed by atoms with Crippen LogP contribution in [-0.2, 0) is 16.0 Å². The molecule has 0 radical (unpaired) electrons. The van der Waals surface area contributed by atoms with Gasteiger partial charge in [0.05, 0.1) is 11.6 Å². The summed E-state index contributed by atoms with van der Waals surface area (Å²) >= 11 is 1.20. The van der Waals surface area contributed by atoms with Gasteiger partial charge in [-0.2, -0.15) is 0 Å².